The Morgan fingerprint density at radius 3 is 2.25 bits per heavy atom. The molecule has 0 amide bonds. The molecule has 1 atom stereocenters. The van der Waals surface area contributed by atoms with Gasteiger partial charge in [0, 0.05) is 5.71 Å². The van der Waals surface area contributed by atoms with Gasteiger partial charge >= 0.3 is 0 Å². The Bertz CT molecular complexity index is 223. The van der Waals surface area contributed by atoms with E-state index in [1.54, 1.807) is 0 Å². The molecule has 0 aromatic rings. The predicted molar refractivity (Wildman–Crippen MR) is 55.8 cm³/mol. The molecule has 12 heavy (non-hydrogen) atoms. The molecule has 1 unspecified atom stereocenters. The zero-order chi connectivity index (χ0) is 9.78. The van der Waals surface area contributed by atoms with Crippen molar-refractivity contribution in [1.29, 1.82) is 0 Å². The maximum atomic E-state index is 11.4. The highest BCUT2D eigenvalue weighted by molar-refractivity contribution is 7.85. The summed E-state index contributed by atoms with van der Waals surface area (Å²) in [5, 5.41) is 0. The Morgan fingerprint density at radius 2 is 1.92 bits per heavy atom. The molecule has 0 heterocycles. The van der Waals surface area contributed by atoms with E-state index in [2.05, 4.69) is 4.40 Å². The second-order valence-electron chi connectivity index (χ2n) is 3.59. The van der Waals surface area contributed by atoms with Crippen molar-refractivity contribution in [3.05, 3.63) is 12.2 Å². The van der Waals surface area contributed by atoms with Gasteiger partial charge in [0.25, 0.3) is 0 Å². The smallest absolute Gasteiger partial charge is 0.145 e. The third-order valence-corrected chi connectivity index (χ3v) is 2.66. The first-order valence-corrected chi connectivity index (χ1v) is 5.08. The highest BCUT2D eigenvalue weighted by Crippen LogP contribution is 2.12. The van der Waals surface area contributed by atoms with Gasteiger partial charge in [0.05, 0.1) is 4.75 Å². The van der Waals surface area contributed by atoms with Gasteiger partial charge in [-0.3, -0.25) is 0 Å². The van der Waals surface area contributed by atoms with Crippen LogP contribution >= 0.6 is 0 Å². The summed E-state index contributed by atoms with van der Waals surface area (Å²) in [5.41, 5.74) is 0.811. The minimum Gasteiger partial charge on any atom is -0.234 e. The van der Waals surface area contributed by atoms with E-state index >= 15 is 0 Å². The van der Waals surface area contributed by atoms with Crippen molar-refractivity contribution in [3.8, 4) is 0 Å². The molecular weight excluding hydrogens is 170 g/mol. The number of hydrogen-bond acceptors (Lipinski definition) is 1. The Hall–Kier alpha value is -0.440. The maximum absolute atomic E-state index is 11.4. The number of hydrogen-bond donors (Lipinski definition) is 0. The zero-order valence-electron chi connectivity index (χ0n) is 8.42. The summed E-state index contributed by atoms with van der Waals surface area (Å²) < 4.78 is 15.2. The molecule has 0 rings (SSSR count). The summed E-state index contributed by atoms with van der Waals surface area (Å²) in [6.45, 7) is 9.50. The van der Waals surface area contributed by atoms with Crippen LogP contribution in [-0.4, -0.2) is 14.7 Å². The van der Waals surface area contributed by atoms with E-state index in [4.69, 9.17) is 0 Å². The van der Waals surface area contributed by atoms with Crippen LogP contribution in [0.15, 0.2) is 16.5 Å². The van der Waals surface area contributed by atoms with Gasteiger partial charge in [0.1, 0.15) is 11.0 Å². The largest absolute Gasteiger partial charge is 0.234 e. The van der Waals surface area contributed by atoms with Crippen LogP contribution in [-0.2, 0) is 11.0 Å². The van der Waals surface area contributed by atoms with E-state index in [1.807, 2.05) is 46.8 Å². The highest BCUT2D eigenvalue weighted by atomic mass is 32.2. The van der Waals surface area contributed by atoms with Crippen LogP contribution in [0.25, 0.3) is 0 Å². The Balaban J connectivity index is 4.45. The normalized spacial score (nSPS) is 16.9. The van der Waals surface area contributed by atoms with Crippen LogP contribution < -0.4 is 0 Å². The molecule has 0 aliphatic rings. The minimum atomic E-state index is -1.13. The molecule has 0 aliphatic carbocycles. The lowest BCUT2D eigenvalue weighted by Crippen LogP contribution is -2.20. The summed E-state index contributed by atoms with van der Waals surface area (Å²) in [6.07, 6.45) is 3.74. The van der Waals surface area contributed by atoms with Crippen LogP contribution in [0.2, 0.25) is 0 Å². The number of allylic oxidation sites excluding steroid dienone is 2. The molecule has 3 heteroatoms. The minimum absolute atomic E-state index is 0.261. The SMILES string of the molecule is C/C=C/C(C)=N/S(=O)C(C)(C)C. The number of nitrogens with zero attached hydrogens (tertiary/aromatic N) is 1. The molecule has 0 spiro atoms. The molecule has 0 saturated heterocycles. The lowest BCUT2D eigenvalue weighted by atomic mass is 10.3. The van der Waals surface area contributed by atoms with Gasteiger partial charge < -0.3 is 0 Å². The van der Waals surface area contributed by atoms with E-state index in [9.17, 15) is 4.21 Å². The van der Waals surface area contributed by atoms with Crippen LogP contribution in [0.3, 0.4) is 0 Å². The molecule has 2 nitrogen and oxygen atoms in total. The average molecular weight is 187 g/mol. The van der Waals surface area contributed by atoms with E-state index < -0.39 is 11.0 Å². The lowest BCUT2D eigenvalue weighted by Gasteiger charge is -2.13. The summed E-state index contributed by atoms with van der Waals surface area (Å²) in [7, 11) is -1.13. The van der Waals surface area contributed by atoms with Crippen molar-refractivity contribution in [2.45, 2.75) is 39.4 Å². The van der Waals surface area contributed by atoms with Crippen LogP contribution in [0.5, 0.6) is 0 Å². The van der Waals surface area contributed by atoms with Crippen molar-refractivity contribution in [2.24, 2.45) is 4.40 Å². The Labute approximate surface area is 77.4 Å². The van der Waals surface area contributed by atoms with Gasteiger partial charge in [-0.1, -0.05) is 6.08 Å². The molecular formula is C9H17NOS. The molecule has 0 saturated carbocycles. The first-order valence-electron chi connectivity index (χ1n) is 3.98. The van der Waals surface area contributed by atoms with Crippen molar-refractivity contribution < 1.29 is 4.21 Å². The molecule has 0 aromatic heterocycles. The average Bonchev–Trinajstić information content (AvgIpc) is 1.85. The third kappa shape index (κ3) is 4.44. The summed E-state index contributed by atoms with van der Waals surface area (Å²) in [4.78, 5) is 0. The van der Waals surface area contributed by atoms with E-state index in [1.165, 1.54) is 0 Å². The first kappa shape index (κ1) is 11.6. The third-order valence-electron chi connectivity index (χ3n) is 1.16. The molecule has 0 aliphatic heterocycles. The fourth-order valence-corrected chi connectivity index (χ4v) is 1.14. The quantitative estimate of drug-likeness (QED) is 0.611. The summed E-state index contributed by atoms with van der Waals surface area (Å²) >= 11 is 0. The number of rotatable bonds is 2. The first-order chi connectivity index (χ1) is 5.38. The Kier molecular flexibility index (Phi) is 4.39. The maximum Gasteiger partial charge on any atom is 0.145 e. The fraction of sp³-hybridized carbons (Fsp3) is 0.667. The van der Waals surface area contributed by atoms with E-state index in [-0.39, 0.29) is 4.75 Å². The topological polar surface area (TPSA) is 29.4 Å². The lowest BCUT2D eigenvalue weighted by molar-refractivity contribution is 0.650. The summed E-state index contributed by atoms with van der Waals surface area (Å²) in [5.74, 6) is 0. The fourth-order valence-electron chi connectivity index (χ4n) is 0.539. The van der Waals surface area contributed by atoms with Crippen LogP contribution in [0, 0.1) is 0 Å². The van der Waals surface area contributed by atoms with Crippen LogP contribution in [0.4, 0.5) is 0 Å². The molecule has 0 bridgehead atoms. The van der Waals surface area contributed by atoms with Crippen molar-refractivity contribution in [1.82, 2.24) is 0 Å². The molecule has 0 N–H and O–H groups in total. The van der Waals surface area contributed by atoms with Gasteiger partial charge in [0.2, 0.25) is 0 Å². The van der Waals surface area contributed by atoms with Gasteiger partial charge in [-0.2, -0.15) is 4.40 Å². The van der Waals surface area contributed by atoms with Crippen molar-refractivity contribution in [3.63, 3.8) is 0 Å². The highest BCUT2D eigenvalue weighted by Gasteiger charge is 2.18. The van der Waals surface area contributed by atoms with Gasteiger partial charge in [-0.25, -0.2) is 4.21 Å². The van der Waals surface area contributed by atoms with E-state index in [0.29, 0.717) is 0 Å². The standard InChI is InChI=1S/C9H17NOS/c1-6-7-8(2)10-12(11)9(3,4)5/h6-7H,1-5H3/b7-6+,10-8+. The second-order valence-corrected chi connectivity index (χ2v) is 5.50. The van der Waals surface area contributed by atoms with Gasteiger partial charge in [0.15, 0.2) is 0 Å². The van der Waals surface area contributed by atoms with Crippen LogP contribution in [0.1, 0.15) is 34.6 Å². The molecule has 0 fully saturated rings. The van der Waals surface area contributed by atoms with Crippen molar-refractivity contribution >= 4 is 16.7 Å². The second kappa shape index (κ2) is 4.55. The van der Waals surface area contributed by atoms with E-state index in [0.717, 1.165) is 5.71 Å². The molecule has 0 aromatic carbocycles. The predicted octanol–water partition coefficient (Wildman–Crippen LogP) is 2.49. The zero-order valence-corrected chi connectivity index (χ0v) is 9.23. The molecule has 70 valence electrons. The Morgan fingerprint density at radius 1 is 1.42 bits per heavy atom. The molecule has 0 radical (unpaired) electrons. The van der Waals surface area contributed by atoms with Gasteiger partial charge in [-0.15, -0.1) is 0 Å². The monoisotopic (exact) mass is 187 g/mol. The van der Waals surface area contributed by atoms with Crippen molar-refractivity contribution in [2.75, 3.05) is 0 Å². The van der Waals surface area contributed by atoms with Gasteiger partial charge in [-0.05, 0) is 40.7 Å². The summed E-state index contributed by atoms with van der Waals surface area (Å²) in [6, 6.07) is 0.